The molecule has 11 heteroatoms. The average Bonchev–Trinajstić information content (AvgIpc) is 2.69. The van der Waals surface area contributed by atoms with Crippen LogP contribution in [-0.2, 0) is 16.8 Å². The average molecular weight is 516 g/mol. The SMILES string of the molecule is C1CC[N-]CC1.CC(=N\O)/C(C)=N/O.CC(=N\O)/C(C)=N/O.[CH2-]I.[Co+2]. The standard InChI is InChI=1S/C5H10N.2C4H8N2O2.CH2I.Co/c1-2-4-6-5-3-1;2*1-3(5-7)4(2)6-8;1-2;/h1-5H2;2*7-8H,1-2H3;1H2;/q-1;;;-1;+2/b;2*5-3+,6-4+;;. The molecule has 1 fully saturated rings. The molecule has 25 heavy (non-hydrogen) atoms. The van der Waals surface area contributed by atoms with E-state index in [1.54, 1.807) is 0 Å². The Kier molecular flexibility index (Phi) is 32.2. The van der Waals surface area contributed by atoms with Gasteiger partial charge in [0.15, 0.2) is 0 Å². The fourth-order valence-corrected chi connectivity index (χ4v) is 1.03. The first kappa shape index (κ1) is 31.8. The first-order valence-electron chi connectivity index (χ1n) is 7.09. The Balaban J connectivity index is -0.000000124. The van der Waals surface area contributed by atoms with Gasteiger partial charge in [-0.2, -0.15) is 0 Å². The van der Waals surface area contributed by atoms with Crippen LogP contribution in [0.15, 0.2) is 20.6 Å². The zero-order valence-corrected chi connectivity index (χ0v) is 18.2. The Bertz CT molecular complexity index is 339. The summed E-state index contributed by atoms with van der Waals surface area (Å²) in [6.45, 7) is 8.40. The summed E-state index contributed by atoms with van der Waals surface area (Å²) in [6.07, 6.45) is 4.07. The van der Waals surface area contributed by atoms with Crippen molar-refractivity contribution in [3.05, 3.63) is 10.2 Å². The van der Waals surface area contributed by atoms with E-state index in [1.165, 1.54) is 47.0 Å². The summed E-state index contributed by atoms with van der Waals surface area (Å²) in [4.78, 5) is 3.22. The van der Waals surface area contributed by atoms with E-state index >= 15 is 0 Å². The van der Waals surface area contributed by atoms with Crippen LogP contribution in [0, 0.1) is 4.93 Å². The van der Waals surface area contributed by atoms with Gasteiger partial charge in [0.05, 0.1) is 0 Å². The molecule has 1 radical (unpaired) electrons. The molecule has 0 aromatic heterocycles. The zero-order chi connectivity index (χ0) is 19.4. The molecule has 0 atom stereocenters. The molecule has 0 aliphatic carbocycles. The van der Waals surface area contributed by atoms with E-state index in [4.69, 9.17) is 20.8 Å². The normalized spacial score (nSPS) is 15.1. The van der Waals surface area contributed by atoms with Crippen LogP contribution >= 0.6 is 22.6 Å². The summed E-state index contributed by atoms with van der Waals surface area (Å²) in [5.74, 6) is 0. The fourth-order valence-electron chi connectivity index (χ4n) is 1.03. The molecule has 149 valence electrons. The Morgan fingerprint density at radius 2 is 0.920 bits per heavy atom. The Labute approximate surface area is 173 Å². The van der Waals surface area contributed by atoms with E-state index in [0.29, 0.717) is 22.8 Å². The molecular weight excluding hydrogens is 488 g/mol. The van der Waals surface area contributed by atoms with Gasteiger partial charge in [-0.15, -0.1) is 13.1 Å². The molecule has 0 bridgehead atoms. The van der Waals surface area contributed by atoms with Crippen molar-refractivity contribution in [2.24, 2.45) is 20.6 Å². The first-order chi connectivity index (χ1) is 11.4. The topological polar surface area (TPSA) is 144 Å². The monoisotopic (exact) mass is 516 g/mol. The maximum atomic E-state index is 8.03. The summed E-state index contributed by atoms with van der Waals surface area (Å²) in [5, 5.41) is 47.4. The number of oxime groups is 4. The van der Waals surface area contributed by atoms with Gasteiger partial charge in [-0.1, -0.05) is 39.9 Å². The Hall–Kier alpha value is -0.924. The summed E-state index contributed by atoms with van der Waals surface area (Å²) in [5.41, 5.74) is 1.25. The largest absolute Gasteiger partial charge is 2.00 e. The summed E-state index contributed by atoms with van der Waals surface area (Å²) in [6, 6.07) is 0. The molecule has 0 aromatic rings. The van der Waals surface area contributed by atoms with Crippen LogP contribution in [0.1, 0.15) is 47.0 Å². The molecule has 0 amide bonds. The molecule has 4 N–H and O–H groups in total. The van der Waals surface area contributed by atoms with Crippen molar-refractivity contribution >= 4 is 45.4 Å². The summed E-state index contributed by atoms with van der Waals surface area (Å²) in [7, 11) is 0. The van der Waals surface area contributed by atoms with E-state index in [1.807, 2.05) is 22.6 Å². The first-order valence-corrected chi connectivity index (χ1v) is 8.62. The van der Waals surface area contributed by atoms with Crippen LogP contribution in [0.2, 0.25) is 0 Å². The third-order valence-corrected chi connectivity index (χ3v) is 2.78. The number of halogens is 1. The van der Waals surface area contributed by atoms with E-state index in [-0.39, 0.29) is 16.8 Å². The Morgan fingerprint density at radius 3 is 1.00 bits per heavy atom. The van der Waals surface area contributed by atoms with Gasteiger partial charge >= 0.3 is 16.8 Å². The molecule has 1 aliphatic rings. The molecule has 1 saturated heterocycles. The Morgan fingerprint density at radius 1 is 0.680 bits per heavy atom. The quantitative estimate of drug-likeness (QED) is 0.144. The van der Waals surface area contributed by atoms with Crippen molar-refractivity contribution < 1.29 is 37.6 Å². The smallest absolute Gasteiger partial charge is 0.662 e. The van der Waals surface area contributed by atoms with E-state index in [0.717, 1.165) is 13.1 Å². The van der Waals surface area contributed by atoms with Gasteiger partial charge in [0.1, 0.15) is 22.8 Å². The van der Waals surface area contributed by atoms with Gasteiger partial charge in [0.2, 0.25) is 0 Å². The van der Waals surface area contributed by atoms with Gasteiger partial charge in [-0.05, 0) is 27.7 Å². The minimum absolute atomic E-state index is 0. The molecule has 0 saturated carbocycles. The second kappa shape index (κ2) is 25.3. The van der Waals surface area contributed by atoms with Crippen molar-refractivity contribution in [2.45, 2.75) is 47.0 Å². The minimum Gasteiger partial charge on any atom is -0.662 e. The van der Waals surface area contributed by atoms with E-state index < -0.39 is 0 Å². The molecular formula is C14H28CoIN5O4. The summed E-state index contributed by atoms with van der Waals surface area (Å²) < 4.78 is 0. The molecule has 0 spiro atoms. The van der Waals surface area contributed by atoms with Crippen molar-refractivity contribution in [3.63, 3.8) is 0 Å². The van der Waals surface area contributed by atoms with Crippen molar-refractivity contribution in [1.82, 2.24) is 0 Å². The second-order valence-corrected chi connectivity index (χ2v) is 4.47. The van der Waals surface area contributed by atoms with E-state index in [2.05, 4.69) is 30.9 Å². The number of nitrogens with zero attached hydrogens (tertiary/aromatic N) is 5. The predicted molar refractivity (Wildman–Crippen MR) is 106 cm³/mol. The fraction of sp³-hybridized carbons (Fsp3) is 0.643. The van der Waals surface area contributed by atoms with Crippen LogP contribution in [0.25, 0.3) is 5.32 Å². The summed E-state index contributed by atoms with van der Waals surface area (Å²) >= 11 is 1.90. The van der Waals surface area contributed by atoms with Crippen molar-refractivity contribution in [3.8, 4) is 0 Å². The van der Waals surface area contributed by atoms with Crippen LogP contribution in [0.4, 0.5) is 0 Å². The van der Waals surface area contributed by atoms with Gasteiger partial charge in [-0.3, -0.25) is 4.93 Å². The maximum Gasteiger partial charge on any atom is 2.00 e. The third kappa shape index (κ3) is 23.1. The molecule has 0 unspecified atom stereocenters. The number of hydrogen-bond acceptors (Lipinski definition) is 8. The number of piperidine rings is 1. The molecule has 1 aliphatic heterocycles. The third-order valence-electron chi connectivity index (χ3n) is 2.78. The van der Waals surface area contributed by atoms with Gasteiger partial charge in [-0.25, -0.2) is 0 Å². The van der Waals surface area contributed by atoms with Crippen molar-refractivity contribution in [2.75, 3.05) is 13.1 Å². The second-order valence-electron chi connectivity index (χ2n) is 4.47. The van der Waals surface area contributed by atoms with Gasteiger partial charge in [0, 0.05) is 0 Å². The van der Waals surface area contributed by atoms with E-state index in [9.17, 15) is 0 Å². The molecule has 9 nitrogen and oxygen atoms in total. The predicted octanol–water partition coefficient (Wildman–Crippen LogP) is 4.13. The van der Waals surface area contributed by atoms with Crippen LogP contribution in [-0.4, -0.2) is 56.8 Å². The van der Waals surface area contributed by atoms with Crippen molar-refractivity contribution in [1.29, 1.82) is 0 Å². The zero-order valence-electron chi connectivity index (χ0n) is 15.0. The number of rotatable bonds is 2. The van der Waals surface area contributed by atoms with Crippen LogP contribution in [0.5, 0.6) is 0 Å². The maximum absolute atomic E-state index is 8.03. The number of hydrogen-bond donors (Lipinski definition) is 4. The van der Waals surface area contributed by atoms with Crippen LogP contribution < -0.4 is 0 Å². The molecule has 1 rings (SSSR count). The molecule has 1 heterocycles. The minimum atomic E-state index is 0. The molecule has 0 aromatic carbocycles. The van der Waals surface area contributed by atoms with Gasteiger partial charge < -0.3 is 48.7 Å². The van der Waals surface area contributed by atoms with Crippen LogP contribution in [0.3, 0.4) is 0 Å². The van der Waals surface area contributed by atoms with Gasteiger partial charge in [0.25, 0.3) is 0 Å².